The van der Waals surface area contributed by atoms with Gasteiger partial charge in [-0.1, -0.05) is 0 Å². The van der Waals surface area contributed by atoms with Gasteiger partial charge >= 0.3 is 12.1 Å². The third-order valence-corrected chi connectivity index (χ3v) is 5.13. The number of carbonyl (C=O) groups excluding carboxylic acids is 1. The SMILES string of the molecule is CCOC(=O)c1nn(C2CCCCO2)c(C)c1-c1cc(OCCOC)cc(C(F)(F)F)c1. The predicted octanol–water partition coefficient (Wildman–Crippen LogP) is 4.78. The summed E-state index contributed by atoms with van der Waals surface area (Å²) in [4.78, 5) is 12.7. The Hall–Kier alpha value is -2.59. The molecule has 0 bridgehead atoms. The summed E-state index contributed by atoms with van der Waals surface area (Å²) in [5.74, 6) is -0.692. The zero-order chi connectivity index (χ0) is 23.3. The molecule has 1 aliphatic rings. The highest BCUT2D eigenvalue weighted by atomic mass is 19.4. The number of ether oxygens (including phenoxy) is 4. The van der Waals surface area contributed by atoms with Crippen LogP contribution in [0.25, 0.3) is 11.1 Å². The van der Waals surface area contributed by atoms with Crippen LogP contribution in [-0.4, -0.2) is 49.3 Å². The van der Waals surface area contributed by atoms with Gasteiger partial charge in [0.25, 0.3) is 0 Å². The smallest absolute Gasteiger partial charge is 0.416 e. The van der Waals surface area contributed by atoms with E-state index in [9.17, 15) is 18.0 Å². The van der Waals surface area contributed by atoms with Crippen molar-refractivity contribution >= 4 is 5.97 Å². The minimum atomic E-state index is -4.60. The van der Waals surface area contributed by atoms with Crippen molar-refractivity contribution in [3.63, 3.8) is 0 Å². The number of aromatic nitrogens is 2. The lowest BCUT2D eigenvalue weighted by Gasteiger charge is -2.24. The summed E-state index contributed by atoms with van der Waals surface area (Å²) < 4.78 is 63.7. The first-order valence-corrected chi connectivity index (χ1v) is 10.5. The molecule has 1 unspecified atom stereocenters. The van der Waals surface area contributed by atoms with Gasteiger partial charge in [0, 0.05) is 25.0 Å². The lowest BCUT2D eigenvalue weighted by molar-refractivity contribution is -0.137. The molecule has 7 nitrogen and oxygen atoms in total. The van der Waals surface area contributed by atoms with Crippen molar-refractivity contribution in [3.05, 3.63) is 35.2 Å². The number of alkyl halides is 3. The van der Waals surface area contributed by atoms with E-state index in [-0.39, 0.29) is 42.4 Å². The average Bonchev–Trinajstić information content (AvgIpc) is 3.11. The second-order valence-electron chi connectivity index (χ2n) is 7.38. The van der Waals surface area contributed by atoms with Crippen LogP contribution in [0, 0.1) is 6.92 Å². The molecule has 1 saturated heterocycles. The molecule has 10 heteroatoms. The van der Waals surface area contributed by atoms with Gasteiger partial charge in [-0.25, -0.2) is 9.48 Å². The quantitative estimate of drug-likeness (QED) is 0.421. The van der Waals surface area contributed by atoms with E-state index in [1.54, 1.807) is 18.5 Å². The second-order valence-corrected chi connectivity index (χ2v) is 7.38. The van der Waals surface area contributed by atoms with Crippen LogP contribution < -0.4 is 4.74 Å². The number of halogens is 3. The largest absolute Gasteiger partial charge is 0.491 e. The predicted molar refractivity (Wildman–Crippen MR) is 110 cm³/mol. The van der Waals surface area contributed by atoms with Crippen LogP contribution in [0.2, 0.25) is 0 Å². The average molecular weight is 456 g/mol. The molecule has 1 aliphatic heterocycles. The number of nitrogens with zero attached hydrogens (tertiary/aromatic N) is 2. The maximum atomic E-state index is 13.6. The number of esters is 1. The minimum absolute atomic E-state index is 0.0164. The van der Waals surface area contributed by atoms with Gasteiger partial charge in [-0.05, 0) is 56.9 Å². The molecule has 0 amide bonds. The first kappa shape index (κ1) is 24.1. The van der Waals surface area contributed by atoms with Gasteiger partial charge in [0.05, 0.1) is 18.8 Å². The van der Waals surface area contributed by atoms with Gasteiger partial charge in [0.1, 0.15) is 18.6 Å². The summed E-state index contributed by atoms with van der Waals surface area (Å²) in [6.45, 7) is 4.31. The summed E-state index contributed by atoms with van der Waals surface area (Å²) in [7, 11) is 1.47. The Labute approximate surface area is 184 Å². The number of hydrogen-bond donors (Lipinski definition) is 0. The van der Waals surface area contributed by atoms with Crippen LogP contribution in [0.4, 0.5) is 13.2 Å². The molecule has 176 valence electrons. The van der Waals surface area contributed by atoms with Crippen LogP contribution in [0.1, 0.15) is 54.2 Å². The Morgan fingerprint density at radius 3 is 2.66 bits per heavy atom. The molecule has 0 radical (unpaired) electrons. The highest BCUT2D eigenvalue weighted by Crippen LogP contribution is 2.39. The van der Waals surface area contributed by atoms with Crippen molar-refractivity contribution in [1.82, 2.24) is 9.78 Å². The maximum Gasteiger partial charge on any atom is 0.416 e. The van der Waals surface area contributed by atoms with Gasteiger partial charge in [-0.2, -0.15) is 18.3 Å². The minimum Gasteiger partial charge on any atom is -0.491 e. The van der Waals surface area contributed by atoms with Crippen LogP contribution in [0.5, 0.6) is 5.75 Å². The lowest BCUT2D eigenvalue weighted by atomic mass is 10.00. The highest BCUT2D eigenvalue weighted by Gasteiger charge is 2.33. The third kappa shape index (κ3) is 5.42. The summed E-state index contributed by atoms with van der Waals surface area (Å²) in [6.07, 6.45) is -2.46. The van der Waals surface area contributed by atoms with Gasteiger partial charge in [0.2, 0.25) is 0 Å². The third-order valence-electron chi connectivity index (χ3n) is 5.13. The molecule has 0 saturated carbocycles. The Kier molecular flexibility index (Phi) is 7.78. The zero-order valence-corrected chi connectivity index (χ0v) is 18.3. The number of methoxy groups -OCH3 is 1. The molecular weight excluding hydrogens is 429 g/mol. The Morgan fingerprint density at radius 1 is 1.25 bits per heavy atom. The van der Waals surface area contributed by atoms with Crippen molar-refractivity contribution < 1.29 is 36.9 Å². The van der Waals surface area contributed by atoms with Crippen LogP contribution in [0.15, 0.2) is 18.2 Å². The van der Waals surface area contributed by atoms with Crippen LogP contribution in [0.3, 0.4) is 0 Å². The van der Waals surface area contributed by atoms with Gasteiger partial charge < -0.3 is 18.9 Å². The van der Waals surface area contributed by atoms with E-state index in [0.717, 1.165) is 25.0 Å². The van der Waals surface area contributed by atoms with Gasteiger partial charge in [0.15, 0.2) is 5.69 Å². The number of benzene rings is 1. The molecule has 1 aromatic carbocycles. The first-order valence-electron chi connectivity index (χ1n) is 10.5. The number of carbonyl (C=O) groups is 1. The lowest BCUT2D eigenvalue weighted by Crippen LogP contribution is -2.20. The topological polar surface area (TPSA) is 71.8 Å². The number of hydrogen-bond acceptors (Lipinski definition) is 6. The fourth-order valence-electron chi connectivity index (χ4n) is 3.64. The number of rotatable bonds is 8. The Bertz CT molecular complexity index is 936. The molecule has 2 heterocycles. The van der Waals surface area contributed by atoms with E-state index in [0.29, 0.717) is 18.7 Å². The second kappa shape index (κ2) is 10.4. The summed E-state index contributed by atoms with van der Waals surface area (Å²) >= 11 is 0. The van der Waals surface area contributed by atoms with E-state index in [1.807, 2.05) is 0 Å². The van der Waals surface area contributed by atoms with E-state index >= 15 is 0 Å². The Balaban J connectivity index is 2.14. The van der Waals surface area contributed by atoms with Crippen molar-refractivity contribution in [2.24, 2.45) is 0 Å². The molecule has 1 atom stereocenters. The fourth-order valence-corrected chi connectivity index (χ4v) is 3.64. The van der Waals surface area contributed by atoms with Gasteiger partial charge in [-0.15, -0.1) is 0 Å². The molecular formula is C22H27F3N2O5. The summed E-state index contributed by atoms with van der Waals surface area (Å²) in [5, 5.41) is 4.40. The summed E-state index contributed by atoms with van der Waals surface area (Å²) in [6, 6.07) is 3.37. The summed E-state index contributed by atoms with van der Waals surface area (Å²) in [5.41, 5.74) is -0.00345. The van der Waals surface area contributed by atoms with E-state index < -0.39 is 23.9 Å². The standard InChI is InChI=1S/C22H27F3N2O5/c1-4-30-21(28)20-19(14(2)27(26-20)18-7-5-6-8-32-18)15-11-16(22(23,24)25)13-17(12-15)31-10-9-29-3/h11-13,18H,4-10H2,1-3H3. The molecule has 0 N–H and O–H groups in total. The maximum absolute atomic E-state index is 13.6. The van der Waals surface area contributed by atoms with Crippen LogP contribution in [-0.2, 0) is 20.4 Å². The molecule has 2 aromatic rings. The molecule has 0 aliphatic carbocycles. The van der Waals surface area contributed by atoms with Gasteiger partial charge in [-0.3, -0.25) is 0 Å². The molecule has 1 fully saturated rings. The van der Waals surface area contributed by atoms with Crippen LogP contribution >= 0.6 is 0 Å². The zero-order valence-electron chi connectivity index (χ0n) is 18.3. The highest BCUT2D eigenvalue weighted by molar-refractivity contribution is 5.96. The Morgan fingerprint density at radius 2 is 2.03 bits per heavy atom. The monoisotopic (exact) mass is 456 g/mol. The molecule has 0 spiro atoms. The van der Waals surface area contributed by atoms with Crippen molar-refractivity contribution in [2.75, 3.05) is 33.5 Å². The van der Waals surface area contributed by atoms with E-state index in [1.165, 1.54) is 13.2 Å². The fraction of sp³-hybridized carbons (Fsp3) is 0.545. The first-order chi connectivity index (χ1) is 15.3. The van der Waals surface area contributed by atoms with Crippen molar-refractivity contribution in [1.29, 1.82) is 0 Å². The molecule has 32 heavy (non-hydrogen) atoms. The van der Waals surface area contributed by atoms with E-state index in [2.05, 4.69) is 5.10 Å². The molecule has 3 rings (SSSR count). The normalized spacial score (nSPS) is 16.8. The van der Waals surface area contributed by atoms with Crippen molar-refractivity contribution in [3.8, 4) is 16.9 Å². The van der Waals surface area contributed by atoms with E-state index in [4.69, 9.17) is 18.9 Å². The van der Waals surface area contributed by atoms with Crippen molar-refractivity contribution in [2.45, 2.75) is 45.5 Å². The molecule has 1 aromatic heterocycles.